The monoisotopic (exact) mass is 213 g/mol. The maximum absolute atomic E-state index is 14.1. The second-order valence-corrected chi connectivity index (χ2v) is 4.17. The van der Waals surface area contributed by atoms with Crippen LogP contribution < -0.4 is 5.73 Å². The van der Waals surface area contributed by atoms with Gasteiger partial charge in [-0.2, -0.15) is 5.10 Å². The van der Waals surface area contributed by atoms with E-state index in [-0.39, 0.29) is 11.8 Å². The van der Waals surface area contributed by atoms with Crippen molar-refractivity contribution in [1.82, 2.24) is 9.78 Å². The van der Waals surface area contributed by atoms with Crippen LogP contribution in [0, 0.1) is 11.8 Å². The Morgan fingerprint density at radius 2 is 2.20 bits per heavy atom. The van der Waals surface area contributed by atoms with Gasteiger partial charge in [-0.3, -0.25) is 4.68 Å². The molecule has 0 fully saturated rings. The first-order chi connectivity index (χ1) is 7.10. The third kappa shape index (κ3) is 2.78. The Morgan fingerprint density at radius 3 is 2.60 bits per heavy atom. The summed E-state index contributed by atoms with van der Waals surface area (Å²) >= 11 is 0. The van der Waals surface area contributed by atoms with Gasteiger partial charge in [0.25, 0.3) is 0 Å². The number of nitrogens with two attached hydrogens (primary N) is 1. The molecule has 2 atom stereocenters. The van der Waals surface area contributed by atoms with Crippen molar-refractivity contribution in [2.24, 2.45) is 17.6 Å². The molecule has 1 aromatic heterocycles. The summed E-state index contributed by atoms with van der Waals surface area (Å²) in [4.78, 5) is 0. The smallest absolute Gasteiger partial charge is 0.132 e. The Hall–Kier alpha value is -0.900. The normalized spacial score (nSPS) is 15.6. The maximum atomic E-state index is 14.1. The zero-order chi connectivity index (χ0) is 11.4. The second-order valence-electron chi connectivity index (χ2n) is 4.17. The van der Waals surface area contributed by atoms with Crippen LogP contribution in [0.1, 0.15) is 32.5 Å². The summed E-state index contributed by atoms with van der Waals surface area (Å²) in [5, 5.41) is 4.07. The Balaban J connectivity index is 2.77. The first-order valence-corrected chi connectivity index (χ1v) is 5.46. The number of nitrogens with zero attached hydrogens (tertiary/aromatic N) is 2. The highest BCUT2D eigenvalue weighted by atomic mass is 19.1. The average Bonchev–Trinajstić information content (AvgIpc) is 2.66. The van der Waals surface area contributed by atoms with Gasteiger partial charge in [0, 0.05) is 24.2 Å². The lowest BCUT2D eigenvalue weighted by Gasteiger charge is -2.22. The minimum absolute atomic E-state index is 0.125. The SMILES string of the molecule is CCn1cc(C(F)C(CN)C(C)C)cn1. The largest absolute Gasteiger partial charge is 0.330 e. The van der Waals surface area contributed by atoms with Crippen molar-refractivity contribution in [1.29, 1.82) is 0 Å². The molecule has 0 saturated carbocycles. The van der Waals surface area contributed by atoms with Gasteiger partial charge in [-0.1, -0.05) is 13.8 Å². The van der Waals surface area contributed by atoms with E-state index in [1.165, 1.54) is 0 Å². The highest BCUT2D eigenvalue weighted by Gasteiger charge is 2.25. The molecule has 0 spiro atoms. The minimum Gasteiger partial charge on any atom is -0.330 e. The minimum atomic E-state index is -1.00. The number of rotatable bonds is 5. The quantitative estimate of drug-likeness (QED) is 0.814. The molecule has 0 aliphatic heterocycles. The molecule has 0 bridgehead atoms. The van der Waals surface area contributed by atoms with Crippen molar-refractivity contribution in [3.05, 3.63) is 18.0 Å². The number of aryl methyl sites for hydroxylation is 1. The molecule has 0 aromatic carbocycles. The van der Waals surface area contributed by atoms with Gasteiger partial charge >= 0.3 is 0 Å². The summed E-state index contributed by atoms with van der Waals surface area (Å²) in [5.41, 5.74) is 6.22. The number of alkyl halides is 1. The van der Waals surface area contributed by atoms with Gasteiger partial charge in [0.15, 0.2) is 0 Å². The number of hydrogen-bond donors (Lipinski definition) is 1. The predicted molar refractivity (Wildman–Crippen MR) is 59.1 cm³/mol. The van der Waals surface area contributed by atoms with Gasteiger partial charge < -0.3 is 5.73 Å². The molecule has 3 nitrogen and oxygen atoms in total. The zero-order valence-corrected chi connectivity index (χ0v) is 9.65. The average molecular weight is 213 g/mol. The van der Waals surface area contributed by atoms with Gasteiger partial charge in [0.1, 0.15) is 6.17 Å². The summed E-state index contributed by atoms with van der Waals surface area (Å²) in [6.07, 6.45) is 2.35. The van der Waals surface area contributed by atoms with Crippen LogP contribution in [0.4, 0.5) is 4.39 Å². The highest BCUT2D eigenvalue weighted by molar-refractivity contribution is 5.09. The third-order valence-corrected chi connectivity index (χ3v) is 2.80. The maximum Gasteiger partial charge on any atom is 0.132 e. The molecule has 1 heterocycles. The van der Waals surface area contributed by atoms with Crippen LogP contribution in [-0.2, 0) is 6.54 Å². The lowest BCUT2D eigenvalue weighted by molar-refractivity contribution is 0.188. The van der Waals surface area contributed by atoms with E-state index in [1.54, 1.807) is 17.1 Å². The Labute approximate surface area is 90.5 Å². The van der Waals surface area contributed by atoms with E-state index in [9.17, 15) is 4.39 Å². The summed E-state index contributed by atoms with van der Waals surface area (Å²) in [6, 6.07) is 0. The van der Waals surface area contributed by atoms with Crippen LogP contribution in [0.15, 0.2) is 12.4 Å². The Kier molecular flexibility index (Phi) is 4.27. The van der Waals surface area contributed by atoms with Crippen LogP contribution >= 0.6 is 0 Å². The van der Waals surface area contributed by atoms with Crippen LogP contribution in [0.2, 0.25) is 0 Å². The topological polar surface area (TPSA) is 43.8 Å². The zero-order valence-electron chi connectivity index (χ0n) is 9.65. The highest BCUT2D eigenvalue weighted by Crippen LogP contribution is 2.30. The van der Waals surface area contributed by atoms with E-state index in [0.717, 1.165) is 6.54 Å². The van der Waals surface area contributed by atoms with Gasteiger partial charge in [0.2, 0.25) is 0 Å². The van der Waals surface area contributed by atoms with Gasteiger partial charge in [-0.15, -0.1) is 0 Å². The lowest BCUT2D eigenvalue weighted by atomic mass is 9.89. The molecule has 0 amide bonds. The molecule has 2 N–H and O–H groups in total. The molecular formula is C11H20FN3. The molecule has 0 aliphatic carbocycles. The molecule has 1 aromatic rings. The third-order valence-electron chi connectivity index (χ3n) is 2.80. The molecule has 0 saturated heterocycles. The van der Waals surface area contributed by atoms with Gasteiger partial charge in [-0.25, -0.2) is 4.39 Å². The second kappa shape index (κ2) is 5.26. The van der Waals surface area contributed by atoms with E-state index in [1.807, 2.05) is 20.8 Å². The number of aromatic nitrogens is 2. The number of halogens is 1. The predicted octanol–water partition coefficient (Wildman–Crippen LogP) is 2.14. The van der Waals surface area contributed by atoms with Gasteiger partial charge in [-0.05, 0) is 19.4 Å². The van der Waals surface area contributed by atoms with Crippen LogP contribution in [-0.4, -0.2) is 16.3 Å². The first kappa shape index (κ1) is 12.2. The Morgan fingerprint density at radius 1 is 1.53 bits per heavy atom. The van der Waals surface area contributed by atoms with E-state index >= 15 is 0 Å². The summed E-state index contributed by atoms with van der Waals surface area (Å²) in [5.74, 6) is 0.120. The van der Waals surface area contributed by atoms with Crippen molar-refractivity contribution in [2.75, 3.05) is 6.54 Å². The fourth-order valence-electron chi connectivity index (χ4n) is 1.67. The molecule has 2 unspecified atom stereocenters. The van der Waals surface area contributed by atoms with E-state index in [2.05, 4.69) is 5.10 Å². The standard InChI is InChI=1S/C11H20FN3/c1-4-15-7-9(6-14-15)11(12)10(5-13)8(2)3/h6-8,10-11H,4-5,13H2,1-3H3. The van der Waals surface area contributed by atoms with E-state index < -0.39 is 6.17 Å². The van der Waals surface area contributed by atoms with Crippen molar-refractivity contribution >= 4 is 0 Å². The number of hydrogen-bond acceptors (Lipinski definition) is 2. The molecule has 86 valence electrons. The van der Waals surface area contributed by atoms with Crippen molar-refractivity contribution in [2.45, 2.75) is 33.5 Å². The molecule has 4 heteroatoms. The molecule has 0 aliphatic rings. The van der Waals surface area contributed by atoms with E-state index in [0.29, 0.717) is 12.1 Å². The summed E-state index contributed by atoms with van der Waals surface area (Å²) in [6.45, 7) is 7.10. The van der Waals surface area contributed by atoms with Crippen LogP contribution in [0.5, 0.6) is 0 Å². The van der Waals surface area contributed by atoms with Crippen molar-refractivity contribution in [3.8, 4) is 0 Å². The van der Waals surface area contributed by atoms with Crippen LogP contribution in [0.25, 0.3) is 0 Å². The van der Waals surface area contributed by atoms with Gasteiger partial charge in [0.05, 0.1) is 6.20 Å². The molecular weight excluding hydrogens is 193 g/mol. The summed E-state index contributed by atoms with van der Waals surface area (Å²) < 4.78 is 15.8. The molecule has 15 heavy (non-hydrogen) atoms. The first-order valence-electron chi connectivity index (χ1n) is 5.46. The molecule has 0 radical (unpaired) electrons. The van der Waals surface area contributed by atoms with Crippen LogP contribution in [0.3, 0.4) is 0 Å². The van der Waals surface area contributed by atoms with Crippen molar-refractivity contribution < 1.29 is 4.39 Å². The Bertz CT molecular complexity index is 296. The molecule has 1 rings (SSSR count). The summed E-state index contributed by atoms with van der Waals surface area (Å²) in [7, 11) is 0. The fraction of sp³-hybridized carbons (Fsp3) is 0.727. The van der Waals surface area contributed by atoms with Crippen molar-refractivity contribution in [3.63, 3.8) is 0 Å². The van der Waals surface area contributed by atoms with E-state index in [4.69, 9.17) is 5.73 Å². The lowest BCUT2D eigenvalue weighted by Crippen LogP contribution is -2.24. The fourth-order valence-corrected chi connectivity index (χ4v) is 1.67.